The topological polar surface area (TPSA) is 42.8 Å². The quantitative estimate of drug-likeness (QED) is 0.764. The summed E-state index contributed by atoms with van der Waals surface area (Å²) in [5.41, 5.74) is 5.19. The monoisotopic (exact) mass is 216 g/mol. The zero-order chi connectivity index (χ0) is 10.5. The highest BCUT2D eigenvalue weighted by molar-refractivity contribution is 6.03. The molecule has 1 N–H and O–H groups in total. The summed E-state index contributed by atoms with van der Waals surface area (Å²) in [7, 11) is 0. The molecule has 0 unspecified atom stereocenters. The van der Waals surface area contributed by atoms with Crippen LogP contribution in [0, 0.1) is 5.92 Å². The maximum Gasteiger partial charge on any atom is 0.156 e. The highest BCUT2D eigenvalue weighted by Crippen LogP contribution is 2.41. The smallest absolute Gasteiger partial charge is 0.156 e. The molecule has 1 aromatic carbocycles. The summed E-state index contributed by atoms with van der Waals surface area (Å²) in [5, 5.41) is 4.23. The van der Waals surface area contributed by atoms with E-state index in [1.807, 2.05) is 18.2 Å². The standard InChI is InChI=1S/C12H12N2O2/c1-2-4-7(5-3-1)11-10-9-6-8(13-15-9)12(10)16-14-11/h1-5,8-10,12-13H,6H2/t8-,9+,10+,12+/m1/s1. The van der Waals surface area contributed by atoms with Crippen molar-refractivity contribution >= 4 is 5.71 Å². The fourth-order valence-electron chi connectivity index (χ4n) is 2.91. The molecule has 4 rings (SSSR count). The predicted molar refractivity (Wildman–Crippen MR) is 57.8 cm³/mol. The van der Waals surface area contributed by atoms with Crippen LogP contribution in [-0.2, 0) is 9.68 Å². The number of hydrogen-bond donors (Lipinski definition) is 1. The van der Waals surface area contributed by atoms with Crippen LogP contribution in [0.15, 0.2) is 35.5 Å². The molecule has 0 spiro atoms. The van der Waals surface area contributed by atoms with Crippen LogP contribution in [0.5, 0.6) is 0 Å². The van der Waals surface area contributed by atoms with Crippen molar-refractivity contribution in [3.63, 3.8) is 0 Å². The predicted octanol–water partition coefficient (Wildman–Crippen LogP) is 1.08. The Hall–Kier alpha value is -1.39. The molecular weight excluding hydrogens is 204 g/mol. The molecule has 1 saturated heterocycles. The number of nitrogens with zero attached hydrogens (tertiary/aromatic N) is 1. The summed E-state index contributed by atoms with van der Waals surface area (Å²) in [5.74, 6) is 0.300. The van der Waals surface area contributed by atoms with E-state index in [9.17, 15) is 0 Å². The van der Waals surface area contributed by atoms with E-state index in [4.69, 9.17) is 9.68 Å². The van der Waals surface area contributed by atoms with Crippen molar-refractivity contribution < 1.29 is 9.68 Å². The summed E-state index contributed by atoms with van der Waals surface area (Å²) >= 11 is 0. The minimum Gasteiger partial charge on any atom is -0.390 e. The van der Waals surface area contributed by atoms with Gasteiger partial charge in [0.05, 0.1) is 23.8 Å². The number of hydrogen-bond acceptors (Lipinski definition) is 4. The SMILES string of the molecule is c1ccc(C2=NO[C@@H]3[C@H]2[C@@H]2C[C@H]3NO2)cc1. The Morgan fingerprint density at radius 2 is 2.12 bits per heavy atom. The van der Waals surface area contributed by atoms with Gasteiger partial charge < -0.3 is 4.84 Å². The van der Waals surface area contributed by atoms with Gasteiger partial charge in [0.25, 0.3) is 0 Å². The Bertz CT molecular complexity index is 446. The number of hydroxylamine groups is 1. The van der Waals surface area contributed by atoms with E-state index in [2.05, 4.69) is 22.8 Å². The lowest BCUT2D eigenvalue weighted by Gasteiger charge is -2.23. The van der Waals surface area contributed by atoms with Crippen molar-refractivity contribution in [1.29, 1.82) is 0 Å². The summed E-state index contributed by atoms with van der Waals surface area (Å²) in [6.07, 6.45) is 1.41. The van der Waals surface area contributed by atoms with Crippen LogP contribution in [0.1, 0.15) is 12.0 Å². The Kier molecular flexibility index (Phi) is 1.67. The summed E-state index contributed by atoms with van der Waals surface area (Å²) < 4.78 is 0. The van der Waals surface area contributed by atoms with Gasteiger partial charge in [-0.15, -0.1) is 0 Å². The van der Waals surface area contributed by atoms with E-state index in [1.165, 1.54) is 0 Å². The van der Waals surface area contributed by atoms with E-state index in [1.54, 1.807) is 0 Å². The number of fused-ring (bicyclic) bond motifs is 5. The second-order valence-corrected chi connectivity index (χ2v) is 4.55. The molecule has 4 atom stereocenters. The van der Waals surface area contributed by atoms with Gasteiger partial charge in [-0.2, -0.15) is 5.48 Å². The normalized spacial score (nSPS) is 39.4. The lowest BCUT2D eigenvalue weighted by atomic mass is 9.92. The maximum absolute atomic E-state index is 5.52. The molecule has 2 heterocycles. The Labute approximate surface area is 93.2 Å². The summed E-state index contributed by atoms with van der Waals surface area (Å²) in [6.45, 7) is 0. The molecule has 3 aliphatic rings. The Morgan fingerprint density at radius 1 is 1.25 bits per heavy atom. The first-order chi connectivity index (χ1) is 7.93. The van der Waals surface area contributed by atoms with Crippen molar-refractivity contribution in [3.05, 3.63) is 35.9 Å². The van der Waals surface area contributed by atoms with E-state index in [-0.39, 0.29) is 12.2 Å². The molecule has 16 heavy (non-hydrogen) atoms. The van der Waals surface area contributed by atoms with Crippen LogP contribution in [0.4, 0.5) is 0 Å². The highest BCUT2D eigenvalue weighted by atomic mass is 16.7. The van der Waals surface area contributed by atoms with Crippen LogP contribution in [-0.4, -0.2) is 24.0 Å². The fourth-order valence-corrected chi connectivity index (χ4v) is 2.91. The van der Waals surface area contributed by atoms with Gasteiger partial charge in [-0.25, -0.2) is 0 Å². The maximum atomic E-state index is 5.52. The average molecular weight is 216 g/mol. The minimum absolute atomic E-state index is 0.161. The van der Waals surface area contributed by atoms with Crippen molar-refractivity contribution in [2.45, 2.75) is 24.7 Å². The molecule has 4 nitrogen and oxygen atoms in total. The highest BCUT2D eigenvalue weighted by Gasteiger charge is 2.56. The van der Waals surface area contributed by atoms with Crippen molar-refractivity contribution in [3.8, 4) is 0 Å². The molecule has 1 aromatic rings. The third-order valence-electron chi connectivity index (χ3n) is 3.67. The Balaban J connectivity index is 1.72. The molecular formula is C12H12N2O2. The third kappa shape index (κ3) is 1.03. The van der Waals surface area contributed by atoms with Crippen LogP contribution < -0.4 is 5.48 Å². The van der Waals surface area contributed by atoms with Crippen molar-refractivity contribution in [2.75, 3.05) is 0 Å². The van der Waals surface area contributed by atoms with E-state index in [0.29, 0.717) is 12.0 Å². The van der Waals surface area contributed by atoms with E-state index < -0.39 is 0 Å². The van der Waals surface area contributed by atoms with E-state index in [0.717, 1.165) is 17.7 Å². The first kappa shape index (κ1) is 8.73. The number of benzene rings is 1. The first-order valence-electron chi connectivity index (χ1n) is 5.64. The molecule has 1 saturated carbocycles. The third-order valence-corrected chi connectivity index (χ3v) is 3.67. The fraction of sp³-hybridized carbons (Fsp3) is 0.417. The van der Waals surface area contributed by atoms with Gasteiger partial charge in [0.2, 0.25) is 0 Å². The minimum atomic E-state index is 0.161. The molecule has 2 fully saturated rings. The van der Waals surface area contributed by atoms with Crippen LogP contribution >= 0.6 is 0 Å². The average Bonchev–Trinajstić information content (AvgIpc) is 3.03. The van der Waals surface area contributed by atoms with Crippen LogP contribution in [0.3, 0.4) is 0 Å². The zero-order valence-corrected chi connectivity index (χ0v) is 8.67. The Morgan fingerprint density at radius 3 is 3.00 bits per heavy atom. The van der Waals surface area contributed by atoms with Gasteiger partial charge >= 0.3 is 0 Å². The molecule has 0 aromatic heterocycles. The van der Waals surface area contributed by atoms with E-state index >= 15 is 0 Å². The van der Waals surface area contributed by atoms with Gasteiger partial charge in [-0.3, -0.25) is 4.84 Å². The van der Waals surface area contributed by atoms with Crippen molar-refractivity contribution in [1.82, 2.24) is 5.48 Å². The van der Waals surface area contributed by atoms with Gasteiger partial charge in [0.1, 0.15) is 0 Å². The largest absolute Gasteiger partial charge is 0.390 e. The van der Waals surface area contributed by atoms with Gasteiger partial charge in [-0.1, -0.05) is 35.5 Å². The lowest BCUT2D eigenvalue weighted by Crippen LogP contribution is -2.43. The second-order valence-electron chi connectivity index (χ2n) is 4.55. The van der Waals surface area contributed by atoms with Crippen LogP contribution in [0.25, 0.3) is 0 Å². The van der Waals surface area contributed by atoms with Gasteiger partial charge in [0, 0.05) is 0 Å². The summed E-state index contributed by atoms with van der Waals surface area (Å²) in [6, 6.07) is 10.5. The van der Waals surface area contributed by atoms with Crippen LogP contribution in [0.2, 0.25) is 0 Å². The van der Waals surface area contributed by atoms with Gasteiger partial charge in [-0.05, 0) is 12.0 Å². The van der Waals surface area contributed by atoms with Crippen molar-refractivity contribution in [2.24, 2.45) is 11.1 Å². The molecule has 0 radical (unpaired) electrons. The second kappa shape index (κ2) is 3.06. The number of oxime groups is 1. The molecule has 0 amide bonds. The lowest BCUT2D eigenvalue weighted by molar-refractivity contribution is -0.0768. The molecule has 4 heteroatoms. The molecule has 2 bridgehead atoms. The zero-order valence-electron chi connectivity index (χ0n) is 8.67. The molecule has 82 valence electrons. The molecule has 2 aliphatic heterocycles. The number of rotatable bonds is 1. The number of nitrogens with one attached hydrogen (secondary N) is 1. The first-order valence-corrected chi connectivity index (χ1v) is 5.64. The molecule has 1 aliphatic carbocycles. The van der Waals surface area contributed by atoms with Gasteiger partial charge in [0.15, 0.2) is 6.10 Å². The summed E-state index contributed by atoms with van der Waals surface area (Å²) in [4.78, 5) is 11.0.